The van der Waals surface area contributed by atoms with Gasteiger partial charge in [-0.3, -0.25) is 4.57 Å². The van der Waals surface area contributed by atoms with Gasteiger partial charge < -0.3 is 5.11 Å². The van der Waals surface area contributed by atoms with E-state index in [1.807, 2.05) is 0 Å². The highest BCUT2D eigenvalue weighted by Gasteiger charge is 2.05. The highest BCUT2D eigenvalue weighted by atomic mass is 16.3. The van der Waals surface area contributed by atoms with Gasteiger partial charge in [0.05, 0.1) is 0 Å². The minimum absolute atomic E-state index is 0.189. The number of hydrogen-bond acceptors (Lipinski definition) is 3. The molecule has 0 unspecified atom stereocenters. The lowest BCUT2D eigenvalue weighted by Crippen LogP contribution is -2.12. The zero-order chi connectivity index (χ0) is 10.1. The molecule has 0 fully saturated rings. The molecule has 0 aliphatic carbocycles. The molecule has 2 rings (SSSR count). The lowest BCUT2D eigenvalue weighted by Gasteiger charge is -1.98. The van der Waals surface area contributed by atoms with Crippen molar-refractivity contribution in [1.82, 2.24) is 14.8 Å². The predicted molar refractivity (Wildman–Crippen MR) is 50.9 cm³/mol. The normalized spacial score (nSPS) is 10.4. The third-order valence-electron chi connectivity index (χ3n) is 2.01. The van der Waals surface area contributed by atoms with Crippen LogP contribution in [0.4, 0.5) is 0 Å². The van der Waals surface area contributed by atoms with Gasteiger partial charge in [-0.15, -0.1) is 0 Å². The summed E-state index contributed by atoms with van der Waals surface area (Å²) in [5, 5.41) is 15.3. The van der Waals surface area contributed by atoms with Crippen LogP contribution >= 0.6 is 0 Å². The Morgan fingerprint density at radius 3 is 2.50 bits per heavy atom. The molecular formula is C9H9N3O2. The Hall–Kier alpha value is -2.04. The van der Waals surface area contributed by atoms with Crippen molar-refractivity contribution < 1.29 is 5.11 Å². The van der Waals surface area contributed by atoms with Crippen molar-refractivity contribution in [3.63, 3.8) is 0 Å². The number of hydrogen-bond donors (Lipinski definition) is 2. The summed E-state index contributed by atoms with van der Waals surface area (Å²) < 4.78 is 1.41. The zero-order valence-corrected chi connectivity index (χ0v) is 7.56. The molecule has 0 saturated heterocycles. The van der Waals surface area contributed by atoms with Crippen molar-refractivity contribution in [3.8, 4) is 17.1 Å². The van der Waals surface area contributed by atoms with Gasteiger partial charge in [-0.25, -0.2) is 9.89 Å². The fourth-order valence-electron chi connectivity index (χ4n) is 1.22. The van der Waals surface area contributed by atoms with E-state index in [1.54, 1.807) is 31.3 Å². The third kappa shape index (κ3) is 1.28. The average Bonchev–Trinajstić information content (AvgIpc) is 2.50. The molecular weight excluding hydrogens is 182 g/mol. The summed E-state index contributed by atoms with van der Waals surface area (Å²) in [5.74, 6) is 0.740. The molecule has 5 heteroatoms. The molecule has 0 atom stereocenters. The Morgan fingerprint density at radius 2 is 2.00 bits per heavy atom. The van der Waals surface area contributed by atoms with Crippen molar-refractivity contribution in [3.05, 3.63) is 34.7 Å². The number of aromatic amines is 1. The van der Waals surface area contributed by atoms with Crippen LogP contribution in [0.15, 0.2) is 29.1 Å². The molecule has 0 aliphatic rings. The maximum absolute atomic E-state index is 11.1. The van der Waals surface area contributed by atoms with Crippen LogP contribution in [0, 0.1) is 0 Å². The molecule has 0 amide bonds. The van der Waals surface area contributed by atoms with Crippen LogP contribution in [0.3, 0.4) is 0 Å². The number of aromatic nitrogens is 3. The van der Waals surface area contributed by atoms with Gasteiger partial charge in [0, 0.05) is 12.6 Å². The van der Waals surface area contributed by atoms with E-state index in [0.29, 0.717) is 5.82 Å². The quantitative estimate of drug-likeness (QED) is 0.688. The summed E-state index contributed by atoms with van der Waals surface area (Å²) >= 11 is 0. The van der Waals surface area contributed by atoms with Crippen LogP contribution in [-0.4, -0.2) is 19.9 Å². The largest absolute Gasteiger partial charge is 0.508 e. The average molecular weight is 191 g/mol. The van der Waals surface area contributed by atoms with E-state index >= 15 is 0 Å². The predicted octanol–water partition coefficient (Wildman–Crippen LogP) is 0.481. The van der Waals surface area contributed by atoms with Crippen molar-refractivity contribution in [1.29, 1.82) is 0 Å². The van der Waals surface area contributed by atoms with Crippen molar-refractivity contribution in [2.45, 2.75) is 0 Å². The maximum Gasteiger partial charge on any atom is 0.343 e. The van der Waals surface area contributed by atoms with Gasteiger partial charge in [0.15, 0.2) is 5.82 Å². The summed E-state index contributed by atoms with van der Waals surface area (Å²) in [6.07, 6.45) is 0. The first-order valence-electron chi connectivity index (χ1n) is 4.09. The van der Waals surface area contributed by atoms with Crippen molar-refractivity contribution in [2.75, 3.05) is 0 Å². The van der Waals surface area contributed by atoms with E-state index in [1.165, 1.54) is 4.57 Å². The highest BCUT2D eigenvalue weighted by Crippen LogP contribution is 2.17. The van der Waals surface area contributed by atoms with Crippen molar-refractivity contribution >= 4 is 0 Å². The molecule has 5 nitrogen and oxygen atoms in total. The number of aromatic hydroxyl groups is 1. The van der Waals surface area contributed by atoms with E-state index in [-0.39, 0.29) is 11.4 Å². The number of nitrogens with zero attached hydrogens (tertiary/aromatic N) is 2. The lowest BCUT2D eigenvalue weighted by molar-refractivity contribution is 0.475. The molecule has 0 radical (unpaired) electrons. The second-order valence-electron chi connectivity index (χ2n) is 2.96. The molecule has 0 saturated carbocycles. The number of phenolic OH excluding ortho intramolecular Hbond substituents is 1. The van der Waals surface area contributed by atoms with Gasteiger partial charge in [0.1, 0.15) is 5.75 Å². The number of benzene rings is 1. The molecule has 0 bridgehead atoms. The number of phenols is 1. The van der Waals surface area contributed by atoms with Crippen molar-refractivity contribution in [2.24, 2.45) is 7.05 Å². The minimum Gasteiger partial charge on any atom is -0.508 e. The topological polar surface area (TPSA) is 70.9 Å². The van der Waals surface area contributed by atoms with Crippen LogP contribution in [0.5, 0.6) is 5.75 Å². The zero-order valence-electron chi connectivity index (χ0n) is 7.56. The Kier molecular flexibility index (Phi) is 1.85. The van der Waals surface area contributed by atoms with Crippen LogP contribution < -0.4 is 5.69 Å². The van der Waals surface area contributed by atoms with E-state index in [2.05, 4.69) is 10.2 Å². The first kappa shape index (κ1) is 8.55. The Labute approximate surface area is 79.6 Å². The van der Waals surface area contributed by atoms with Crippen LogP contribution in [-0.2, 0) is 7.05 Å². The molecule has 0 aliphatic heterocycles. The third-order valence-corrected chi connectivity index (χ3v) is 2.01. The minimum atomic E-state index is -0.256. The van der Waals surface area contributed by atoms with Crippen LogP contribution in [0.2, 0.25) is 0 Å². The van der Waals surface area contributed by atoms with E-state index < -0.39 is 0 Å². The first-order valence-corrected chi connectivity index (χ1v) is 4.09. The monoisotopic (exact) mass is 191 g/mol. The summed E-state index contributed by atoms with van der Waals surface area (Å²) in [4.78, 5) is 11.1. The maximum atomic E-state index is 11.1. The van der Waals surface area contributed by atoms with E-state index in [9.17, 15) is 4.79 Å². The summed E-state index contributed by atoms with van der Waals surface area (Å²) in [7, 11) is 1.63. The smallest absolute Gasteiger partial charge is 0.343 e. The number of nitrogens with one attached hydrogen (secondary N) is 1. The summed E-state index contributed by atoms with van der Waals surface area (Å²) in [6, 6.07) is 6.50. The fourth-order valence-corrected chi connectivity index (χ4v) is 1.22. The summed E-state index contributed by atoms with van der Waals surface area (Å²) in [5.41, 5.74) is 0.525. The Balaban J connectivity index is 2.55. The Morgan fingerprint density at radius 1 is 1.36 bits per heavy atom. The van der Waals surface area contributed by atoms with Gasteiger partial charge in [-0.2, -0.15) is 5.10 Å². The second kappa shape index (κ2) is 3.02. The van der Waals surface area contributed by atoms with Gasteiger partial charge >= 0.3 is 5.69 Å². The van der Waals surface area contributed by atoms with Crippen LogP contribution in [0.1, 0.15) is 0 Å². The van der Waals surface area contributed by atoms with E-state index in [4.69, 9.17) is 5.11 Å². The molecule has 72 valence electrons. The molecule has 1 aromatic heterocycles. The fraction of sp³-hybridized carbons (Fsp3) is 0.111. The lowest BCUT2D eigenvalue weighted by atomic mass is 10.2. The molecule has 2 aromatic rings. The second-order valence-corrected chi connectivity index (χ2v) is 2.96. The van der Waals surface area contributed by atoms with E-state index in [0.717, 1.165) is 5.56 Å². The van der Waals surface area contributed by atoms with Gasteiger partial charge in [0.25, 0.3) is 0 Å². The molecule has 14 heavy (non-hydrogen) atoms. The Bertz CT molecular complexity index is 496. The highest BCUT2D eigenvalue weighted by molar-refractivity contribution is 5.55. The number of H-pyrrole nitrogens is 1. The molecule has 1 heterocycles. The number of rotatable bonds is 1. The SMILES string of the molecule is Cn1c(-c2ccc(O)cc2)n[nH]c1=O. The van der Waals surface area contributed by atoms with Crippen LogP contribution in [0.25, 0.3) is 11.4 Å². The van der Waals surface area contributed by atoms with Gasteiger partial charge in [0.2, 0.25) is 0 Å². The summed E-state index contributed by atoms with van der Waals surface area (Å²) in [6.45, 7) is 0. The molecule has 2 N–H and O–H groups in total. The molecule has 0 spiro atoms. The molecule has 1 aromatic carbocycles. The van der Waals surface area contributed by atoms with Gasteiger partial charge in [-0.05, 0) is 24.3 Å². The van der Waals surface area contributed by atoms with Gasteiger partial charge in [-0.1, -0.05) is 0 Å². The standard InChI is InChI=1S/C9H9N3O2/c1-12-8(10-11-9(12)14)6-2-4-7(13)5-3-6/h2-5,13H,1H3,(H,11,14). The first-order chi connectivity index (χ1) is 6.68.